The number of alkyl halides is 3. The van der Waals surface area contributed by atoms with Crippen molar-refractivity contribution >= 4 is 10.9 Å². The van der Waals surface area contributed by atoms with Gasteiger partial charge in [0, 0.05) is 31.1 Å². The Kier molecular flexibility index (Phi) is 5.17. The zero-order valence-corrected chi connectivity index (χ0v) is 15.7. The van der Waals surface area contributed by atoms with Crippen molar-refractivity contribution in [2.24, 2.45) is 5.92 Å². The predicted octanol–water partition coefficient (Wildman–Crippen LogP) is 5.23. The summed E-state index contributed by atoms with van der Waals surface area (Å²) in [6, 6.07) is 7.47. The smallest absolute Gasteiger partial charge is 0.347 e. The molecule has 4 nitrogen and oxygen atoms in total. The van der Waals surface area contributed by atoms with E-state index in [9.17, 15) is 18.0 Å². The van der Waals surface area contributed by atoms with E-state index in [0.29, 0.717) is 23.7 Å². The quantitative estimate of drug-likeness (QED) is 0.598. The first kappa shape index (κ1) is 19.0. The van der Waals surface area contributed by atoms with Crippen LogP contribution in [0, 0.1) is 5.92 Å². The first-order chi connectivity index (χ1) is 13.4. The zero-order valence-electron chi connectivity index (χ0n) is 15.7. The second-order valence-electron chi connectivity index (χ2n) is 7.81. The van der Waals surface area contributed by atoms with Gasteiger partial charge in [-0.25, -0.2) is 4.68 Å². The Morgan fingerprint density at radius 3 is 2.61 bits per heavy atom. The van der Waals surface area contributed by atoms with E-state index >= 15 is 0 Å². The molecule has 2 heterocycles. The van der Waals surface area contributed by atoms with Crippen molar-refractivity contribution in [3.63, 3.8) is 0 Å². The maximum absolute atomic E-state index is 12.9. The molecule has 0 saturated heterocycles. The van der Waals surface area contributed by atoms with E-state index in [1.54, 1.807) is 15.4 Å². The monoisotopic (exact) mass is 391 g/mol. The number of aromatic nitrogens is 3. The maximum atomic E-state index is 12.9. The summed E-state index contributed by atoms with van der Waals surface area (Å²) in [5, 5.41) is 5.42. The van der Waals surface area contributed by atoms with E-state index in [1.807, 2.05) is 24.3 Å². The SMILES string of the molecule is O=c1c2cn(CCCC(F)(F)F)c3ccccc3c-2nn1CC1CCCCC1. The van der Waals surface area contributed by atoms with Crippen LogP contribution in [-0.2, 0) is 13.1 Å². The zero-order chi connectivity index (χ0) is 19.7. The lowest BCUT2D eigenvalue weighted by Crippen LogP contribution is -2.23. The summed E-state index contributed by atoms with van der Waals surface area (Å²) in [6.45, 7) is 0.832. The number of rotatable bonds is 5. The Bertz CT molecular complexity index is 983. The second kappa shape index (κ2) is 7.60. The second-order valence-corrected chi connectivity index (χ2v) is 7.81. The number of hydrogen-bond acceptors (Lipinski definition) is 2. The average molecular weight is 391 g/mol. The predicted molar refractivity (Wildman–Crippen MR) is 102 cm³/mol. The average Bonchev–Trinajstić information content (AvgIpc) is 2.98. The van der Waals surface area contributed by atoms with E-state index in [0.717, 1.165) is 23.7 Å². The molecule has 1 aromatic carbocycles. The molecule has 0 N–H and O–H groups in total. The van der Waals surface area contributed by atoms with Crippen LogP contribution in [0.5, 0.6) is 0 Å². The fourth-order valence-corrected chi connectivity index (χ4v) is 4.30. The molecule has 28 heavy (non-hydrogen) atoms. The molecule has 4 rings (SSSR count). The van der Waals surface area contributed by atoms with Gasteiger partial charge in [0.1, 0.15) is 5.69 Å². The normalized spacial score (nSPS) is 16.2. The Hall–Kier alpha value is -2.31. The van der Waals surface area contributed by atoms with Crippen molar-refractivity contribution in [2.75, 3.05) is 0 Å². The molecule has 1 fully saturated rings. The van der Waals surface area contributed by atoms with Crippen LogP contribution in [0.1, 0.15) is 44.9 Å². The van der Waals surface area contributed by atoms with Gasteiger partial charge in [-0.1, -0.05) is 37.5 Å². The van der Waals surface area contributed by atoms with Crippen molar-refractivity contribution in [1.29, 1.82) is 0 Å². The van der Waals surface area contributed by atoms with E-state index in [-0.39, 0.29) is 18.5 Å². The highest BCUT2D eigenvalue weighted by Crippen LogP contribution is 2.30. The standard InChI is InChI=1S/C21H24F3N3O/c22-21(23,24)11-6-12-26-14-17-19(16-9-4-5-10-18(16)26)25-27(20(17)28)13-15-7-2-1-3-8-15/h4-5,9-10,14-15H,1-3,6-8,11-13H2. The molecule has 3 aliphatic rings. The summed E-state index contributed by atoms with van der Waals surface area (Å²) in [6.07, 6.45) is 2.54. The largest absolute Gasteiger partial charge is 0.389 e. The number of nitrogens with zero attached hydrogens (tertiary/aromatic N) is 3. The minimum Gasteiger partial charge on any atom is -0.347 e. The first-order valence-corrected chi connectivity index (χ1v) is 9.98. The molecule has 1 saturated carbocycles. The summed E-state index contributed by atoms with van der Waals surface area (Å²) >= 11 is 0. The van der Waals surface area contributed by atoms with Crippen LogP contribution in [0.3, 0.4) is 0 Å². The summed E-state index contributed by atoms with van der Waals surface area (Å²) in [5.41, 5.74) is 1.79. The minimum atomic E-state index is -4.17. The van der Waals surface area contributed by atoms with Gasteiger partial charge in [0.15, 0.2) is 0 Å². The van der Waals surface area contributed by atoms with E-state index < -0.39 is 12.6 Å². The number of benzene rings is 1. The van der Waals surface area contributed by atoms with E-state index in [1.165, 1.54) is 19.3 Å². The topological polar surface area (TPSA) is 39.8 Å². The molecule has 0 unspecified atom stereocenters. The molecule has 2 aliphatic heterocycles. The van der Waals surface area contributed by atoms with Crippen molar-refractivity contribution in [2.45, 2.75) is 64.2 Å². The van der Waals surface area contributed by atoms with E-state index in [4.69, 9.17) is 0 Å². The lowest BCUT2D eigenvalue weighted by molar-refractivity contribution is -0.135. The molecule has 0 aromatic heterocycles. The summed E-state index contributed by atoms with van der Waals surface area (Å²) in [7, 11) is 0. The molecule has 0 radical (unpaired) electrons. The highest BCUT2D eigenvalue weighted by atomic mass is 19.4. The third kappa shape index (κ3) is 3.93. The molecule has 1 aliphatic carbocycles. The van der Waals surface area contributed by atoms with Gasteiger partial charge in [-0.3, -0.25) is 4.79 Å². The van der Waals surface area contributed by atoms with Crippen LogP contribution in [0.25, 0.3) is 22.2 Å². The Labute approximate surface area is 161 Å². The molecule has 0 amide bonds. The lowest BCUT2D eigenvalue weighted by Gasteiger charge is -2.20. The molecule has 7 heteroatoms. The number of aryl methyl sites for hydroxylation is 1. The first-order valence-electron chi connectivity index (χ1n) is 9.98. The number of para-hydroxylation sites is 1. The highest BCUT2D eigenvalue weighted by Gasteiger charge is 2.27. The highest BCUT2D eigenvalue weighted by molar-refractivity contribution is 5.93. The van der Waals surface area contributed by atoms with Crippen LogP contribution in [0.15, 0.2) is 35.3 Å². The van der Waals surface area contributed by atoms with Crippen molar-refractivity contribution in [3.8, 4) is 11.3 Å². The van der Waals surface area contributed by atoms with E-state index in [2.05, 4.69) is 5.10 Å². The van der Waals surface area contributed by atoms with Crippen LogP contribution >= 0.6 is 0 Å². The van der Waals surface area contributed by atoms with Gasteiger partial charge in [-0.15, -0.1) is 0 Å². The van der Waals surface area contributed by atoms with Crippen molar-refractivity contribution in [1.82, 2.24) is 14.3 Å². The minimum absolute atomic E-state index is 0.0198. The van der Waals surface area contributed by atoms with Crippen LogP contribution in [0.2, 0.25) is 0 Å². The number of halogens is 3. The number of pyridine rings is 1. The van der Waals surface area contributed by atoms with Crippen LogP contribution in [-0.4, -0.2) is 20.5 Å². The van der Waals surface area contributed by atoms with Crippen molar-refractivity contribution in [3.05, 3.63) is 40.8 Å². The van der Waals surface area contributed by atoms with Gasteiger partial charge in [-0.2, -0.15) is 18.3 Å². The van der Waals surface area contributed by atoms with Crippen LogP contribution in [0.4, 0.5) is 13.2 Å². The van der Waals surface area contributed by atoms with Crippen molar-refractivity contribution < 1.29 is 13.2 Å². The van der Waals surface area contributed by atoms with Gasteiger partial charge >= 0.3 is 6.18 Å². The summed E-state index contributed by atoms with van der Waals surface area (Å²) < 4.78 is 41.0. The third-order valence-corrected chi connectivity index (χ3v) is 5.71. The van der Waals surface area contributed by atoms with Gasteiger partial charge in [0.2, 0.25) is 0 Å². The van der Waals surface area contributed by atoms with Crippen LogP contribution < -0.4 is 5.56 Å². The third-order valence-electron chi connectivity index (χ3n) is 5.71. The Balaban J connectivity index is 1.71. The van der Waals surface area contributed by atoms with Gasteiger partial charge in [-0.05, 0) is 31.2 Å². The molecule has 150 valence electrons. The molecule has 0 spiro atoms. The fraction of sp³-hybridized carbons (Fsp3) is 0.524. The van der Waals surface area contributed by atoms with Gasteiger partial charge < -0.3 is 4.57 Å². The molecule has 0 bridgehead atoms. The fourth-order valence-electron chi connectivity index (χ4n) is 4.30. The number of hydrogen-bond donors (Lipinski definition) is 0. The lowest BCUT2D eigenvalue weighted by atomic mass is 9.89. The molecule has 1 aromatic rings. The molecule has 0 atom stereocenters. The maximum Gasteiger partial charge on any atom is 0.389 e. The summed E-state index contributed by atoms with van der Waals surface area (Å²) in [5.74, 6) is 0.473. The Morgan fingerprint density at radius 1 is 1.11 bits per heavy atom. The van der Waals surface area contributed by atoms with Gasteiger partial charge in [0.25, 0.3) is 5.56 Å². The molecular formula is C21H24F3N3O. The number of fused-ring (bicyclic) bond motifs is 3. The van der Waals surface area contributed by atoms with Gasteiger partial charge in [0.05, 0.1) is 11.1 Å². The Morgan fingerprint density at radius 2 is 1.86 bits per heavy atom. The summed E-state index contributed by atoms with van der Waals surface area (Å²) in [4.78, 5) is 12.9. The molecular weight excluding hydrogens is 367 g/mol.